The fourth-order valence-corrected chi connectivity index (χ4v) is 5.02. The summed E-state index contributed by atoms with van der Waals surface area (Å²) in [5.74, 6) is -1.09. The number of carbonyl (C=O) groups is 2. The van der Waals surface area contributed by atoms with Crippen molar-refractivity contribution in [2.75, 3.05) is 0 Å². The number of carbonyl (C=O) groups excluding carboxylic acids is 2. The van der Waals surface area contributed by atoms with E-state index in [1.54, 1.807) is 37.3 Å². The summed E-state index contributed by atoms with van der Waals surface area (Å²) >= 11 is 6.09. The maximum absolute atomic E-state index is 13.1. The molecule has 1 saturated heterocycles. The second-order valence-corrected chi connectivity index (χ2v) is 9.03. The van der Waals surface area contributed by atoms with Gasteiger partial charge in [0.15, 0.2) is 0 Å². The molecule has 2 aromatic rings. The Kier molecular flexibility index (Phi) is 5.76. The Morgan fingerprint density at radius 3 is 2.57 bits per heavy atom. The van der Waals surface area contributed by atoms with E-state index in [9.17, 15) is 18.0 Å². The lowest BCUT2D eigenvalue weighted by Gasteiger charge is -2.24. The Bertz CT molecular complexity index is 1040. The van der Waals surface area contributed by atoms with Gasteiger partial charge in [-0.15, -0.1) is 0 Å². The lowest BCUT2D eigenvalue weighted by atomic mass is 10.1. The van der Waals surface area contributed by atoms with Gasteiger partial charge in [0.25, 0.3) is 10.0 Å². The van der Waals surface area contributed by atoms with Crippen LogP contribution in [0.2, 0.25) is 5.02 Å². The van der Waals surface area contributed by atoms with E-state index in [2.05, 4.69) is 5.32 Å². The second kappa shape index (κ2) is 7.93. The van der Waals surface area contributed by atoms with E-state index in [4.69, 9.17) is 11.6 Å². The first kappa shape index (κ1) is 20.4. The van der Waals surface area contributed by atoms with Crippen LogP contribution in [-0.2, 0) is 26.2 Å². The molecule has 1 aliphatic rings. The predicted octanol–water partition coefficient (Wildman–Crippen LogP) is 2.95. The molecule has 148 valence electrons. The highest BCUT2D eigenvalue weighted by atomic mass is 35.5. The van der Waals surface area contributed by atoms with E-state index < -0.39 is 27.9 Å². The maximum Gasteiger partial charge on any atom is 0.267 e. The van der Waals surface area contributed by atoms with Crippen molar-refractivity contribution in [3.63, 3.8) is 0 Å². The minimum atomic E-state index is -4.12. The van der Waals surface area contributed by atoms with Crippen LogP contribution in [0.5, 0.6) is 0 Å². The summed E-state index contributed by atoms with van der Waals surface area (Å²) in [4.78, 5) is 25.0. The smallest absolute Gasteiger partial charge is 0.267 e. The number of rotatable bonds is 5. The van der Waals surface area contributed by atoms with Gasteiger partial charge >= 0.3 is 0 Å². The highest BCUT2D eigenvalue weighted by molar-refractivity contribution is 7.89. The van der Waals surface area contributed by atoms with Crippen LogP contribution in [0.1, 0.15) is 29.5 Å². The molecule has 1 fully saturated rings. The molecule has 2 amide bonds. The molecule has 1 aliphatic heterocycles. The molecule has 1 heterocycles. The summed E-state index contributed by atoms with van der Waals surface area (Å²) < 4.78 is 26.8. The quantitative estimate of drug-likeness (QED) is 0.806. The van der Waals surface area contributed by atoms with Gasteiger partial charge in [-0.25, -0.2) is 12.7 Å². The molecule has 0 spiro atoms. The second-order valence-electron chi connectivity index (χ2n) is 6.80. The fraction of sp³-hybridized carbons (Fsp3) is 0.300. The molecule has 0 aliphatic carbocycles. The van der Waals surface area contributed by atoms with Crippen LogP contribution in [0.15, 0.2) is 47.4 Å². The van der Waals surface area contributed by atoms with Crippen LogP contribution in [0.25, 0.3) is 0 Å². The van der Waals surface area contributed by atoms with Crippen LogP contribution in [0.3, 0.4) is 0 Å². The molecular weight excluding hydrogens is 400 g/mol. The monoisotopic (exact) mass is 420 g/mol. The van der Waals surface area contributed by atoms with E-state index >= 15 is 0 Å². The van der Waals surface area contributed by atoms with Crippen molar-refractivity contribution < 1.29 is 18.0 Å². The van der Waals surface area contributed by atoms with Gasteiger partial charge in [-0.05, 0) is 55.2 Å². The van der Waals surface area contributed by atoms with Gasteiger partial charge in [-0.3, -0.25) is 9.59 Å². The maximum atomic E-state index is 13.1. The lowest BCUT2D eigenvalue weighted by Crippen LogP contribution is -2.47. The standard InChI is InChI=1S/C20H21ClN2O4S/c1-13-7-8-16(11-14(13)2)28(26,27)23-18(9-10-19(23)24)20(25)22-12-15-5-3-4-6-17(15)21/h3-8,11,18H,9-10,12H2,1-2H3,(H,22,25). The van der Waals surface area contributed by atoms with E-state index in [1.165, 1.54) is 12.1 Å². The molecular formula is C20H21ClN2O4S. The summed E-state index contributed by atoms with van der Waals surface area (Å²) in [7, 11) is -4.12. The number of amides is 2. The van der Waals surface area contributed by atoms with Crippen molar-refractivity contribution in [3.05, 3.63) is 64.2 Å². The van der Waals surface area contributed by atoms with Crippen molar-refractivity contribution in [2.45, 2.75) is 44.2 Å². The summed E-state index contributed by atoms with van der Waals surface area (Å²) in [5.41, 5.74) is 2.46. The van der Waals surface area contributed by atoms with Crippen LogP contribution in [-0.4, -0.2) is 30.6 Å². The summed E-state index contributed by atoms with van der Waals surface area (Å²) in [6.45, 7) is 3.83. The van der Waals surface area contributed by atoms with E-state index in [-0.39, 0.29) is 24.3 Å². The van der Waals surface area contributed by atoms with E-state index in [0.29, 0.717) is 10.6 Å². The predicted molar refractivity (Wildman–Crippen MR) is 106 cm³/mol. The SMILES string of the molecule is Cc1ccc(S(=O)(=O)N2C(=O)CCC2C(=O)NCc2ccccc2Cl)cc1C. The molecule has 3 rings (SSSR count). The molecule has 1 unspecified atom stereocenters. The Balaban J connectivity index is 1.83. The van der Waals surface area contributed by atoms with Crippen LogP contribution >= 0.6 is 11.6 Å². The zero-order valence-corrected chi connectivity index (χ0v) is 17.2. The highest BCUT2D eigenvalue weighted by Gasteiger charge is 2.44. The van der Waals surface area contributed by atoms with Crippen molar-refractivity contribution >= 4 is 33.4 Å². The Hall–Kier alpha value is -2.38. The number of benzene rings is 2. The largest absolute Gasteiger partial charge is 0.350 e. The van der Waals surface area contributed by atoms with Crippen molar-refractivity contribution in [3.8, 4) is 0 Å². The number of sulfonamides is 1. The van der Waals surface area contributed by atoms with Gasteiger partial charge in [-0.2, -0.15) is 0 Å². The Morgan fingerprint density at radius 1 is 1.18 bits per heavy atom. The van der Waals surface area contributed by atoms with Crippen molar-refractivity contribution in [1.29, 1.82) is 0 Å². The number of halogens is 1. The zero-order chi connectivity index (χ0) is 20.5. The normalized spacial score (nSPS) is 17.0. The molecule has 1 N–H and O–H groups in total. The van der Waals surface area contributed by atoms with E-state index in [0.717, 1.165) is 15.4 Å². The van der Waals surface area contributed by atoms with Crippen molar-refractivity contribution in [1.82, 2.24) is 9.62 Å². The number of aryl methyl sites for hydroxylation is 2. The van der Waals surface area contributed by atoms with Crippen LogP contribution < -0.4 is 5.32 Å². The van der Waals surface area contributed by atoms with Gasteiger partial charge in [-0.1, -0.05) is 35.9 Å². The fourth-order valence-electron chi connectivity index (χ4n) is 3.13. The van der Waals surface area contributed by atoms with Gasteiger partial charge in [0, 0.05) is 18.0 Å². The van der Waals surface area contributed by atoms with Crippen LogP contribution in [0, 0.1) is 13.8 Å². The molecule has 28 heavy (non-hydrogen) atoms. The molecule has 2 aromatic carbocycles. The minimum Gasteiger partial charge on any atom is -0.350 e. The van der Waals surface area contributed by atoms with Crippen molar-refractivity contribution in [2.24, 2.45) is 0 Å². The zero-order valence-electron chi connectivity index (χ0n) is 15.6. The van der Waals surface area contributed by atoms with Gasteiger partial charge in [0.2, 0.25) is 11.8 Å². The molecule has 0 bridgehead atoms. The third-order valence-corrected chi connectivity index (χ3v) is 7.10. The Labute approximate surface area is 169 Å². The lowest BCUT2D eigenvalue weighted by molar-refractivity contribution is -0.130. The summed E-state index contributed by atoms with van der Waals surface area (Å²) in [5, 5.41) is 3.20. The molecule has 1 atom stereocenters. The highest BCUT2D eigenvalue weighted by Crippen LogP contribution is 2.28. The number of nitrogens with zero attached hydrogens (tertiary/aromatic N) is 1. The Morgan fingerprint density at radius 2 is 1.89 bits per heavy atom. The molecule has 0 aromatic heterocycles. The first-order chi connectivity index (χ1) is 13.2. The third kappa shape index (κ3) is 3.91. The molecule has 0 radical (unpaired) electrons. The molecule has 6 nitrogen and oxygen atoms in total. The average Bonchev–Trinajstić information content (AvgIpc) is 3.05. The van der Waals surface area contributed by atoms with Gasteiger partial charge in [0.1, 0.15) is 6.04 Å². The molecule has 0 saturated carbocycles. The average molecular weight is 421 g/mol. The summed E-state index contributed by atoms with van der Waals surface area (Å²) in [6.07, 6.45) is 0.158. The first-order valence-electron chi connectivity index (χ1n) is 8.87. The first-order valence-corrected chi connectivity index (χ1v) is 10.7. The number of nitrogens with one attached hydrogen (secondary N) is 1. The number of hydrogen-bond donors (Lipinski definition) is 1. The number of hydrogen-bond acceptors (Lipinski definition) is 4. The topological polar surface area (TPSA) is 83.6 Å². The van der Waals surface area contributed by atoms with Gasteiger partial charge < -0.3 is 5.32 Å². The minimum absolute atomic E-state index is 0.00819. The summed E-state index contributed by atoms with van der Waals surface area (Å²) in [6, 6.07) is 10.7. The third-order valence-electron chi connectivity index (χ3n) is 4.91. The van der Waals surface area contributed by atoms with E-state index in [1.807, 2.05) is 6.92 Å². The van der Waals surface area contributed by atoms with Gasteiger partial charge in [0.05, 0.1) is 4.90 Å². The molecule has 8 heteroatoms. The van der Waals surface area contributed by atoms with Crippen LogP contribution in [0.4, 0.5) is 0 Å².